The summed E-state index contributed by atoms with van der Waals surface area (Å²) in [5.41, 5.74) is 0. The van der Waals surface area contributed by atoms with E-state index < -0.39 is 18.6 Å². The maximum Gasteiger partial charge on any atom is 0.405 e. The highest BCUT2D eigenvalue weighted by Crippen LogP contribution is 2.11. The van der Waals surface area contributed by atoms with E-state index >= 15 is 0 Å². The highest BCUT2D eigenvalue weighted by Gasteiger charge is 2.27. The predicted octanol–water partition coefficient (Wildman–Crippen LogP) is 0.679. The lowest BCUT2D eigenvalue weighted by Crippen LogP contribution is -2.41. The van der Waals surface area contributed by atoms with E-state index in [-0.39, 0.29) is 12.6 Å². The van der Waals surface area contributed by atoms with E-state index in [1.54, 1.807) is 12.4 Å². The number of hydrogen-bond donors (Lipinski definition) is 2. The number of halogens is 3. The molecule has 0 aliphatic rings. The van der Waals surface area contributed by atoms with Gasteiger partial charge in [0.15, 0.2) is 0 Å². The van der Waals surface area contributed by atoms with Crippen molar-refractivity contribution in [2.24, 2.45) is 0 Å². The number of carbonyl (C=O) groups is 1. The molecule has 0 aromatic carbocycles. The van der Waals surface area contributed by atoms with Gasteiger partial charge in [0.2, 0.25) is 5.91 Å². The molecule has 0 saturated carbocycles. The van der Waals surface area contributed by atoms with Crippen molar-refractivity contribution >= 4 is 5.91 Å². The molecular weight excluding hydrogens is 225 g/mol. The minimum atomic E-state index is -4.36. The molecule has 0 radical (unpaired) electrons. The number of rotatable bonds is 7. The number of carbonyl (C=O) groups excluding carboxylic acids is 1. The van der Waals surface area contributed by atoms with E-state index in [1.807, 2.05) is 6.92 Å². The van der Waals surface area contributed by atoms with Crippen LogP contribution in [0.1, 0.15) is 13.3 Å². The third-order valence-electron chi connectivity index (χ3n) is 1.85. The molecule has 0 spiro atoms. The number of methoxy groups -OCH3 is 1. The van der Waals surface area contributed by atoms with Gasteiger partial charge in [-0.25, -0.2) is 0 Å². The predicted molar refractivity (Wildman–Crippen MR) is 53.0 cm³/mol. The Morgan fingerprint density at radius 2 is 2.06 bits per heavy atom. The molecular formula is C9H17F3N2O2. The van der Waals surface area contributed by atoms with Gasteiger partial charge in [-0.05, 0) is 13.3 Å². The highest BCUT2D eigenvalue weighted by atomic mass is 19.4. The summed E-state index contributed by atoms with van der Waals surface area (Å²) < 4.78 is 40.0. The first-order valence-corrected chi connectivity index (χ1v) is 4.91. The first-order valence-electron chi connectivity index (χ1n) is 4.91. The second kappa shape index (κ2) is 7.45. The Bertz CT molecular complexity index is 209. The molecule has 4 nitrogen and oxygen atoms in total. The summed E-state index contributed by atoms with van der Waals surface area (Å²) in [6.45, 7) is 0.954. The van der Waals surface area contributed by atoms with Gasteiger partial charge < -0.3 is 15.4 Å². The molecule has 0 saturated heterocycles. The van der Waals surface area contributed by atoms with Crippen LogP contribution in [0.25, 0.3) is 0 Å². The maximum atomic E-state index is 11.7. The van der Waals surface area contributed by atoms with Gasteiger partial charge in [-0.3, -0.25) is 4.79 Å². The third kappa shape index (κ3) is 9.72. The number of hydrogen-bond acceptors (Lipinski definition) is 3. The summed E-state index contributed by atoms with van der Waals surface area (Å²) in [6.07, 6.45) is -3.67. The summed E-state index contributed by atoms with van der Waals surface area (Å²) in [6, 6.07) is 0.0246. The van der Waals surface area contributed by atoms with Crippen LogP contribution in [0, 0.1) is 0 Å². The summed E-state index contributed by atoms with van der Waals surface area (Å²) in [5.74, 6) is -0.665. The van der Waals surface area contributed by atoms with Crippen LogP contribution >= 0.6 is 0 Å². The van der Waals surface area contributed by atoms with Crippen LogP contribution < -0.4 is 10.6 Å². The fourth-order valence-corrected chi connectivity index (χ4v) is 0.925. The second-order valence-corrected chi connectivity index (χ2v) is 3.46. The van der Waals surface area contributed by atoms with E-state index in [9.17, 15) is 18.0 Å². The van der Waals surface area contributed by atoms with Gasteiger partial charge in [0.05, 0.1) is 6.54 Å². The maximum absolute atomic E-state index is 11.7. The fourth-order valence-electron chi connectivity index (χ4n) is 0.925. The SMILES string of the molecule is COCCC(C)NCC(=O)NCC(F)(F)F. The minimum Gasteiger partial charge on any atom is -0.385 e. The van der Waals surface area contributed by atoms with Crippen molar-refractivity contribution in [1.29, 1.82) is 0 Å². The Balaban J connectivity index is 3.57. The summed E-state index contributed by atoms with van der Waals surface area (Å²) in [7, 11) is 1.56. The van der Waals surface area contributed by atoms with Crippen LogP contribution in [0.5, 0.6) is 0 Å². The molecule has 1 atom stereocenters. The molecule has 7 heteroatoms. The molecule has 1 unspecified atom stereocenters. The van der Waals surface area contributed by atoms with Crippen molar-refractivity contribution in [2.45, 2.75) is 25.6 Å². The van der Waals surface area contributed by atoms with Crippen LogP contribution in [-0.2, 0) is 9.53 Å². The third-order valence-corrected chi connectivity index (χ3v) is 1.85. The topological polar surface area (TPSA) is 50.4 Å². The Kier molecular flexibility index (Phi) is 7.07. The van der Waals surface area contributed by atoms with Gasteiger partial charge in [0.25, 0.3) is 0 Å². The van der Waals surface area contributed by atoms with E-state index in [4.69, 9.17) is 4.74 Å². The average Bonchev–Trinajstić information content (AvgIpc) is 2.19. The Morgan fingerprint density at radius 1 is 1.44 bits per heavy atom. The number of ether oxygens (including phenoxy) is 1. The lowest BCUT2D eigenvalue weighted by atomic mass is 10.2. The van der Waals surface area contributed by atoms with Gasteiger partial charge >= 0.3 is 6.18 Å². The number of nitrogens with one attached hydrogen (secondary N) is 2. The Labute approximate surface area is 92.5 Å². The van der Waals surface area contributed by atoms with Crippen molar-refractivity contribution in [1.82, 2.24) is 10.6 Å². The van der Waals surface area contributed by atoms with Crippen molar-refractivity contribution in [3.8, 4) is 0 Å². The average molecular weight is 242 g/mol. The van der Waals surface area contributed by atoms with Crippen molar-refractivity contribution < 1.29 is 22.7 Å². The van der Waals surface area contributed by atoms with Gasteiger partial charge in [-0.1, -0.05) is 0 Å². The molecule has 0 heterocycles. The normalized spacial score (nSPS) is 13.6. The Hall–Kier alpha value is -0.820. The van der Waals surface area contributed by atoms with E-state index in [1.165, 1.54) is 0 Å². The molecule has 0 aliphatic carbocycles. The van der Waals surface area contributed by atoms with Gasteiger partial charge in [0.1, 0.15) is 6.54 Å². The molecule has 0 fully saturated rings. The smallest absolute Gasteiger partial charge is 0.385 e. The molecule has 96 valence electrons. The molecule has 1 amide bonds. The zero-order chi connectivity index (χ0) is 12.6. The molecule has 0 aromatic heterocycles. The Morgan fingerprint density at radius 3 is 2.56 bits per heavy atom. The number of alkyl halides is 3. The van der Waals surface area contributed by atoms with Crippen LogP contribution in [0.3, 0.4) is 0 Å². The second-order valence-electron chi connectivity index (χ2n) is 3.46. The zero-order valence-electron chi connectivity index (χ0n) is 9.36. The van der Waals surface area contributed by atoms with E-state index in [0.29, 0.717) is 13.0 Å². The largest absolute Gasteiger partial charge is 0.405 e. The highest BCUT2D eigenvalue weighted by molar-refractivity contribution is 5.78. The van der Waals surface area contributed by atoms with Crippen LogP contribution in [-0.4, -0.2) is 44.9 Å². The molecule has 0 aliphatic heterocycles. The van der Waals surface area contributed by atoms with Gasteiger partial charge in [-0.2, -0.15) is 13.2 Å². The summed E-state index contributed by atoms with van der Waals surface area (Å²) in [4.78, 5) is 11.0. The number of amides is 1. The summed E-state index contributed by atoms with van der Waals surface area (Å²) in [5, 5.41) is 4.57. The van der Waals surface area contributed by atoms with Crippen LogP contribution in [0.2, 0.25) is 0 Å². The van der Waals surface area contributed by atoms with Crippen LogP contribution in [0.15, 0.2) is 0 Å². The minimum absolute atomic E-state index is 0.0246. The first kappa shape index (κ1) is 15.2. The molecule has 0 rings (SSSR count). The zero-order valence-corrected chi connectivity index (χ0v) is 9.36. The van der Waals surface area contributed by atoms with Gasteiger partial charge in [-0.15, -0.1) is 0 Å². The quantitative estimate of drug-likeness (QED) is 0.690. The molecule has 0 aromatic rings. The van der Waals surface area contributed by atoms with E-state index in [2.05, 4.69) is 5.32 Å². The molecule has 2 N–H and O–H groups in total. The monoisotopic (exact) mass is 242 g/mol. The lowest BCUT2D eigenvalue weighted by Gasteiger charge is -2.13. The van der Waals surface area contributed by atoms with Gasteiger partial charge in [0, 0.05) is 19.8 Å². The molecule has 0 bridgehead atoms. The van der Waals surface area contributed by atoms with Crippen molar-refractivity contribution in [3.05, 3.63) is 0 Å². The first-order chi connectivity index (χ1) is 7.35. The van der Waals surface area contributed by atoms with Crippen molar-refractivity contribution in [3.63, 3.8) is 0 Å². The van der Waals surface area contributed by atoms with Crippen LogP contribution in [0.4, 0.5) is 13.2 Å². The fraction of sp³-hybridized carbons (Fsp3) is 0.889. The summed E-state index contributed by atoms with van der Waals surface area (Å²) >= 11 is 0. The van der Waals surface area contributed by atoms with E-state index in [0.717, 1.165) is 0 Å². The standard InChI is InChI=1S/C9H17F3N2O2/c1-7(3-4-16-2)13-5-8(15)14-6-9(10,11)12/h7,13H,3-6H2,1-2H3,(H,14,15). The lowest BCUT2D eigenvalue weighted by molar-refractivity contribution is -0.137. The molecule has 16 heavy (non-hydrogen) atoms. The van der Waals surface area contributed by atoms with Crippen molar-refractivity contribution in [2.75, 3.05) is 26.8 Å².